The average molecular weight is 473 g/mol. The van der Waals surface area contributed by atoms with Gasteiger partial charge in [0.05, 0.1) is 18.8 Å². The molecule has 0 saturated carbocycles. The summed E-state index contributed by atoms with van der Waals surface area (Å²) in [6, 6.07) is 7.60. The molecule has 0 unspecified atom stereocenters. The number of imidazole rings is 1. The predicted molar refractivity (Wildman–Crippen MR) is 118 cm³/mol. The molecular formula is C22H19F4N7O. The summed E-state index contributed by atoms with van der Waals surface area (Å²) in [4.78, 5) is 15.1. The Morgan fingerprint density at radius 3 is 2.53 bits per heavy atom. The Bertz CT molecular complexity index is 1320. The molecule has 4 aromatic rings. The number of rotatable bonds is 5. The molecule has 0 amide bonds. The van der Waals surface area contributed by atoms with Crippen LogP contribution in [0.15, 0.2) is 55.0 Å². The van der Waals surface area contributed by atoms with Crippen molar-refractivity contribution in [3.63, 3.8) is 0 Å². The fraction of sp³-hybridized carbons (Fsp3) is 0.227. The number of halogens is 4. The lowest BCUT2D eigenvalue weighted by molar-refractivity contribution is -0.137. The Labute approximate surface area is 191 Å². The van der Waals surface area contributed by atoms with E-state index in [1.807, 2.05) is 33.8 Å². The molecule has 8 nitrogen and oxygen atoms in total. The number of fused-ring (bicyclic) bond motifs is 1. The quantitative estimate of drug-likeness (QED) is 0.410. The van der Waals surface area contributed by atoms with E-state index in [2.05, 4.69) is 25.6 Å². The number of nitrogens with zero attached hydrogens (tertiary/aromatic N) is 5. The van der Waals surface area contributed by atoms with Gasteiger partial charge in [-0.05, 0) is 24.3 Å². The summed E-state index contributed by atoms with van der Waals surface area (Å²) in [5, 5.41) is 5.89. The SMILES string of the molecule is Fc1cc(Nc2nc(Nc3ccn4ccnc4c3)cc(N3CCOCC3)n2)cc(C(F)(F)F)c1. The van der Waals surface area contributed by atoms with Crippen molar-refractivity contribution in [3.05, 3.63) is 66.4 Å². The molecule has 5 rings (SSSR count). The Morgan fingerprint density at radius 2 is 1.74 bits per heavy atom. The smallest absolute Gasteiger partial charge is 0.378 e. The van der Waals surface area contributed by atoms with Crippen molar-refractivity contribution < 1.29 is 22.3 Å². The highest BCUT2D eigenvalue weighted by atomic mass is 19.4. The molecule has 2 N–H and O–H groups in total. The summed E-state index contributed by atoms with van der Waals surface area (Å²) in [5.41, 5.74) is 0.216. The van der Waals surface area contributed by atoms with E-state index >= 15 is 0 Å². The maximum absolute atomic E-state index is 13.9. The van der Waals surface area contributed by atoms with Crippen LogP contribution in [0.3, 0.4) is 0 Å². The number of benzene rings is 1. The van der Waals surface area contributed by atoms with E-state index in [0.717, 1.165) is 17.8 Å². The maximum Gasteiger partial charge on any atom is 0.416 e. The van der Waals surface area contributed by atoms with Crippen LogP contribution in [-0.2, 0) is 10.9 Å². The highest BCUT2D eigenvalue weighted by Gasteiger charge is 2.31. The molecule has 34 heavy (non-hydrogen) atoms. The lowest BCUT2D eigenvalue weighted by Gasteiger charge is -2.28. The van der Waals surface area contributed by atoms with Crippen LogP contribution in [-0.4, -0.2) is 45.7 Å². The molecule has 0 bridgehead atoms. The van der Waals surface area contributed by atoms with Gasteiger partial charge in [-0.25, -0.2) is 9.37 Å². The van der Waals surface area contributed by atoms with Crippen LogP contribution in [0.5, 0.6) is 0 Å². The number of pyridine rings is 1. The molecule has 1 aliphatic heterocycles. The molecule has 1 aromatic carbocycles. The van der Waals surface area contributed by atoms with Gasteiger partial charge >= 0.3 is 6.18 Å². The molecule has 3 aromatic heterocycles. The first kappa shape index (κ1) is 21.9. The number of hydrogen-bond donors (Lipinski definition) is 2. The molecule has 0 spiro atoms. The average Bonchev–Trinajstić information content (AvgIpc) is 3.26. The van der Waals surface area contributed by atoms with Gasteiger partial charge < -0.3 is 24.7 Å². The van der Waals surface area contributed by atoms with Crippen molar-refractivity contribution in [2.75, 3.05) is 41.8 Å². The van der Waals surface area contributed by atoms with Crippen LogP contribution in [0, 0.1) is 5.82 Å². The van der Waals surface area contributed by atoms with E-state index in [1.165, 1.54) is 0 Å². The van der Waals surface area contributed by atoms with Gasteiger partial charge in [-0.3, -0.25) is 0 Å². The van der Waals surface area contributed by atoms with Gasteiger partial charge in [-0.15, -0.1) is 0 Å². The van der Waals surface area contributed by atoms with Gasteiger partial charge in [0, 0.05) is 55.2 Å². The minimum absolute atomic E-state index is 0.0205. The molecule has 1 fully saturated rings. The van der Waals surface area contributed by atoms with Crippen molar-refractivity contribution in [1.29, 1.82) is 0 Å². The fourth-order valence-electron chi connectivity index (χ4n) is 3.60. The van der Waals surface area contributed by atoms with Gasteiger partial charge in [0.25, 0.3) is 0 Å². The third-order valence-corrected chi connectivity index (χ3v) is 5.20. The van der Waals surface area contributed by atoms with E-state index in [9.17, 15) is 17.6 Å². The van der Waals surface area contributed by atoms with E-state index in [-0.39, 0.29) is 11.6 Å². The van der Waals surface area contributed by atoms with Gasteiger partial charge in [0.2, 0.25) is 5.95 Å². The summed E-state index contributed by atoms with van der Waals surface area (Å²) in [6.45, 7) is 2.22. The van der Waals surface area contributed by atoms with Crippen LogP contribution < -0.4 is 15.5 Å². The summed E-state index contributed by atoms with van der Waals surface area (Å²) in [5.74, 6) is -0.0416. The van der Waals surface area contributed by atoms with Crippen molar-refractivity contribution >= 4 is 34.6 Å². The minimum Gasteiger partial charge on any atom is -0.378 e. The molecule has 0 atom stereocenters. The summed E-state index contributed by atoms with van der Waals surface area (Å²) in [7, 11) is 0. The Hall–Kier alpha value is -3.93. The van der Waals surface area contributed by atoms with Gasteiger partial charge in [0.1, 0.15) is 23.1 Å². The van der Waals surface area contributed by atoms with Crippen LogP contribution in [0.1, 0.15) is 5.56 Å². The van der Waals surface area contributed by atoms with Crippen LogP contribution in [0.25, 0.3) is 5.65 Å². The van der Waals surface area contributed by atoms with Gasteiger partial charge in [0.15, 0.2) is 0 Å². The molecule has 0 radical (unpaired) electrons. The van der Waals surface area contributed by atoms with Crippen molar-refractivity contribution in [1.82, 2.24) is 19.4 Å². The lowest BCUT2D eigenvalue weighted by atomic mass is 10.2. The zero-order valence-electron chi connectivity index (χ0n) is 17.7. The monoisotopic (exact) mass is 473 g/mol. The molecule has 1 saturated heterocycles. The maximum atomic E-state index is 13.9. The molecular weight excluding hydrogens is 454 g/mol. The second-order valence-corrected chi connectivity index (χ2v) is 7.62. The highest BCUT2D eigenvalue weighted by molar-refractivity contribution is 5.66. The number of aromatic nitrogens is 4. The zero-order valence-corrected chi connectivity index (χ0v) is 17.7. The van der Waals surface area contributed by atoms with Crippen molar-refractivity contribution in [2.45, 2.75) is 6.18 Å². The standard InChI is InChI=1S/C22H19F4N7O/c23-15-9-14(22(24,25)26)10-17(11-15)29-21-30-18(13-20(31-21)33-5-7-34-8-6-33)28-16-1-3-32-4-2-27-19(32)12-16/h1-4,9-13H,5-8H2,(H2,28,29,30,31). The number of alkyl halides is 3. The Morgan fingerprint density at radius 1 is 0.912 bits per heavy atom. The number of ether oxygens (including phenoxy) is 1. The third kappa shape index (κ3) is 4.86. The third-order valence-electron chi connectivity index (χ3n) is 5.20. The van der Waals surface area contributed by atoms with Crippen LogP contribution in [0.4, 0.5) is 46.5 Å². The fourth-order valence-corrected chi connectivity index (χ4v) is 3.60. The second-order valence-electron chi connectivity index (χ2n) is 7.62. The lowest BCUT2D eigenvalue weighted by Crippen LogP contribution is -2.36. The van der Waals surface area contributed by atoms with Gasteiger partial charge in [-0.2, -0.15) is 23.1 Å². The summed E-state index contributed by atoms with van der Waals surface area (Å²) in [6.07, 6.45) is 0.639. The van der Waals surface area contributed by atoms with Crippen LogP contribution in [0.2, 0.25) is 0 Å². The summed E-state index contributed by atoms with van der Waals surface area (Å²) < 4.78 is 60.5. The van der Waals surface area contributed by atoms with E-state index in [0.29, 0.717) is 49.7 Å². The molecule has 0 aliphatic carbocycles. The number of anilines is 5. The zero-order chi connectivity index (χ0) is 23.7. The van der Waals surface area contributed by atoms with E-state index in [1.54, 1.807) is 12.3 Å². The molecule has 1 aliphatic rings. The predicted octanol–water partition coefficient (Wildman–Crippen LogP) is 4.61. The summed E-state index contributed by atoms with van der Waals surface area (Å²) >= 11 is 0. The second kappa shape index (κ2) is 8.78. The molecule has 176 valence electrons. The Balaban J connectivity index is 1.49. The largest absolute Gasteiger partial charge is 0.416 e. The topological polar surface area (TPSA) is 79.6 Å². The van der Waals surface area contributed by atoms with E-state index in [4.69, 9.17) is 4.74 Å². The minimum atomic E-state index is -4.69. The van der Waals surface area contributed by atoms with Crippen molar-refractivity contribution in [2.24, 2.45) is 0 Å². The first-order valence-corrected chi connectivity index (χ1v) is 10.4. The van der Waals surface area contributed by atoms with Gasteiger partial charge in [-0.1, -0.05) is 0 Å². The first-order chi connectivity index (χ1) is 16.3. The first-order valence-electron chi connectivity index (χ1n) is 10.4. The van der Waals surface area contributed by atoms with Crippen LogP contribution >= 0.6 is 0 Å². The number of nitrogens with one attached hydrogen (secondary N) is 2. The molecule has 4 heterocycles. The normalized spacial score (nSPS) is 14.4. The Kier molecular flexibility index (Phi) is 5.65. The number of morpholine rings is 1. The molecule has 12 heteroatoms. The van der Waals surface area contributed by atoms with E-state index < -0.39 is 17.6 Å². The number of hydrogen-bond acceptors (Lipinski definition) is 7. The van der Waals surface area contributed by atoms with Crippen molar-refractivity contribution in [3.8, 4) is 0 Å². The highest BCUT2D eigenvalue weighted by Crippen LogP contribution is 2.32.